The van der Waals surface area contributed by atoms with Crippen LogP contribution in [0.25, 0.3) is 0 Å². The van der Waals surface area contributed by atoms with E-state index < -0.39 is 17.8 Å². The second-order valence-corrected chi connectivity index (χ2v) is 20.9. The van der Waals surface area contributed by atoms with Gasteiger partial charge in [0.15, 0.2) is 6.29 Å². The Balaban J connectivity index is 0.954. The van der Waals surface area contributed by atoms with Gasteiger partial charge >= 0.3 is 0 Å². The van der Waals surface area contributed by atoms with Crippen LogP contribution < -0.4 is 0 Å². The number of hydrogen-bond donors (Lipinski definition) is 2. The first-order valence-electron chi connectivity index (χ1n) is 21.4. The van der Waals surface area contributed by atoms with Crippen molar-refractivity contribution in [3.63, 3.8) is 0 Å². The summed E-state index contributed by atoms with van der Waals surface area (Å²) in [5.41, 5.74) is -0.457. The Bertz CT molecular complexity index is 1300. The molecule has 3 heterocycles. The highest BCUT2D eigenvalue weighted by Crippen LogP contribution is 2.89. The molecule has 3 saturated heterocycles. The van der Waals surface area contributed by atoms with Gasteiger partial charge in [-0.25, -0.2) is 0 Å². The van der Waals surface area contributed by atoms with Crippen LogP contribution in [-0.2, 0) is 23.7 Å². The van der Waals surface area contributed by atoms with Gasteiger partial charge in [0.2, 0.25) is 0 Å². The zero-order valence-corrected chi connectivity index (χ0v) is 34.2. The van der Waals surface area contributed by atoms with Crippen molar-refractivity contribution in [3.8, 4) is 0 Å². The summed E-state index contributed by atoms with van der Waals surface area (Å²) in [4.78, 5) is 5.08. The molecule has 14 atom stereocenters. The molecule has 5 saturated carbocycles. The third-order valence-corrected chi connectivity index (χ3v) is 17.7. The summed E-state index contributed by atoms with van der Waals surface area (Å²) in [6.07, 6.45) is 8.09. The minimum Gasteiger partial charge on any atom is -0.390 e. The van der Waals surface area contributed by atoms with Gasteiger partial charge in [0.05, 0.1) is 43.2 Å². The Hall–Kier alpha value is -0.360. The van der Waals surface area contributed by atoms with Crippen molar-refractivity contribution in [1.29, 1.82) is 0 Å². The molecule has 0 amide bonds. The summed E-state index contributed by atoms with van der Waals surface area (Å²) in [6.45, 7) is 26.6. The average molecular weight is 731 g/mol. The van der Waals surface area contributed by atoms with Crippen molar-refractivity contribution in [3.05, 3.63) is 0 Å². The Labute approximate surface area is 315 Å². The van der Waals surface area contributed by atoms with Crippen molar-refractivity contribution in [2.75, 3.05) is 66.2 Å². The first kappa shape index (κ1) is 38.5. The van der Waals surface area contributed by atoms with E-state index in [1.807, 2.05) is 20.8 Å². The monoisotopic (exact) mass is 731 g/mol. The molecule has 8 aliphatic rings. The number of nitrogens with zero attached hydrogens (tertiary/aromatic N) is 2. The fraction of sp³-hybridized carbons (Fsp3) is 1.00. The molecule has 9 heteroatoms. The van der Waals surface area contributed by atoms with Gasteiger partial charge in [-0.2, -0.15) is 0 Å². The fourth-order valence-electron chi connectivity index (χ4n) is 15.4. The normalized spacial score (nSPS) is 49.6. The zero-order chi connectivity index (χ0) is 37.1. The standard InChI is InChI=1S/C43H74N2O7/c1-10-49-37(39(5,6)47)29-21-27(2)34-35(51-29)36(46)41(8)31-12-11-30-38(3,4)32(13-14-42(30)26-43(31,42)16-15-40(34,41)7)52-33-25-45(18-20-50-33)24-28-22-44(23-28)17-19-48-9/h27-37,46-47H,10-26H2,1-9H3/t27-,29?,30+,31?,32+,33+,34+,35?,36+,37+,40-,41-,42?,43+/m1/s1. The molecule has 0 aromatic carbocycles. The van der Waals surface area contributed by atoms with Gasteiger partial charge in [-0.1, -0.05) is 34.6 Å². The lowest BCUT2D eigenvalue weighted by atomic mass is 9.41. The molecule has 4 unspecified atom stereocenters. The third-order valence-electron chi connectivity index (χ3n) is 17.7. The van der Waals surface area contributed by atoms with Gasteiger partial charge in [0, 0.05) is 58.4 Å². The van der Waals surface area contributed by atoms with Gasteiger partial charge in [0.25, 0.3) is 0 Å². The summed E-state index contributed by atoms with van der Waals surface area (Å²) in [6, 6.07) is 0. The van der Waals surface area contributed by atoms with Gasteiger partial charge in [-0.15, -0.1) is 0 Å². The Morgan fingerprint density at radius 3 is 2.40 bits per heavy atom. The maximum atomic E-state index is 12.7. The number of hydrogen-bond acceptors (Lipinski definition) is 9. The van der Waals surface area contributed by atoms with Crippen LogP contribution in [0.2, 0.25) is 0 Å². The Morgan fingerprint density at radius 1 is 0.962 bits per heavy atom. The van der Waals surface area contributed by atoms with Gasteiger partial charge < -0.3 is 38.8 Å². The predicted molar refractivity (Wildman–Crippen MR) is 201 cm³/mol. The van der Waals surface area contributed by atoms with E-state index in [1.165, 1.54) is 51.6 Å². The van der Waals surface area contributed by atoms with Crippen molar-refractivity contribution < 1.29 is 33.9 Å². The zero-order valence-electron chi connectivity index (χ0n) is 34.2. The highest BCUT2D eigenvalue weighted by molar-refractivity contribution is 5.33. The molecule has 3 aliphatic heterocycles. The predicted octanol–water partition coefficient (Wildman–Crippen LogP) is 5.60. The van der Waals surface area contributed by atoms with E-state index in [9.17, 15) is 10.2 Å². The minimum atomic E-state index is -1.01. The molecular weight excluding hydrogens is 656 g/mol. The van der Waals surface area contributed by atoms with Crippen LogP contribution in [0.3, 0.4) is 0 Å². The summed E-state index contributed by atoms with van der Waals surface area (Å²) in [7, 11) is 1.79. The highest BCUT2D eigenvalue weighted by Gasteiger charge is 2.84. The lowest BCUT2D eigenvalue weighted by molar-refractivity contribution is -0.249. The van der Waals surface area contributed by atoms with E-state index in [2.05, 4.69) is 44.4 Å². The van der Waals surface area contributed by atoms with Crippen LogP contribution in [0, 0.1) is 56.7 Å². The largest absolute Gasteiger partial charge is 0.390 e. The highest BCUT2D eigenvalue weighted by atomic mass is 16.7. The molecule has 5 aliphatic carbocycles. The summed E-state index contributed by atoms with van der Waals surface area (Å²) in [5, 5.41) is 23.8. The molecule has 8 rings (SSSR count). The second-order valence-electron chi connectivity index (χ2n) is 20.9. The van der Waals surface area contributed by atoms with Gasteiger partial charge in [-0.05, 0) is 123 Å². The van der Waals surface area contributed by atoms with Crippen molar-refractivity contribution in [2.45, 2.75) is 149 Å². The first-order valence-corrected chi connectivity index (χ1v) is 21.4. The molecule has 8 fully saturated rings. The second kappa shape index (κ2) is 13.4. The van der Waals surface area contributed by atoms with Crippen LogP contribution in [0.4, 0.5) is 0 Å². The number of aliphatic hydroxyl groups excluding tert-OH is 1. The number of fused-ring (bicyclic) bond motifs is 4. The summed E-state index contributed by atoms with van der Waals surface area (Å²) < 4.78 is 31.7. The minimum absolute atomic E-state index is 0.0194. The maximum absolute atomic E-state index is 12.7. The number of rotatable bonds is 11. The van der Waals surface area contributed by atoms with Crippen molar-refractivity contribution in [2.24, 2.45) is 56.7 Å². The number of likely N-dealkylation sites (tertiary alicyclic amines) is 1. The molecule has 9 nitrogen and oxygen atoms in total. The van der Waals surface area contributed by atoms with Crippen LogP contribution in [0.5, 0.6) is 0 Å². The smallest absolute Gasteiger partial charge is 0.170 e. The van der Waals surface area contributed by atoms with E-state index >= 15 is 0 Å². The molecule has 0 radical (unpaired) electrons. The number of morpholine rings is 1. The molecule has 0 aromatic rings. The van der Waals surface area contributed by atoms with E-state index in [0.717, 1.165) is 58.2 Å². The molecule has 2 spiro atoms. The molecule has 0 bridgehead atoms. The first-order chi connectivity index (χ1) is 24.6. The summed E-state index contributed by atoms with van der Waals surface area (Å²) in [5.74, 6) is 2.58. The molecular formula is C43H74N2O7. The lowest BCUT2D eigenvalue weighted by Crippen LogP contribution is -2.60. The van der Waals surface area contributed by atoms with E-state index in [-0.39, 0.29) is 40.8 Å². The van der Waals surface area contributed by atoms with Crippen molar-refractivity contribution in [1.82, 2.24) is 9.80 Å². The van der Waals surface area contributed by atoms with Gasteiger partial charge in [-0.3, -0.25) is 4.90 Å². The van der Waals surface area contributed by atoms with Crippen LogP contribution in [0.15, 0.2) is 0 Å². The van der Waals surface area contributed by atoms with Crippen LogP contribution in [0.1, 0.15) is 107 Å². The maximum Gasteiger partial charge on any atom is 0.170 e. The summed E-state index contributed by atoms with van der Waals surface area (Å²) >= 11 is 0. The molecule has 2 N–H and O–H groups in total. The third kappa shape index (κ3) is 5.61. The lowest BCUT2D eigenvalue weighted by Gasteiger charge is -2.64. The van der Waals surface area contributed by atoms with Crippen LogP contribution >= 0.6 is 0 Å². The van der Waals surface area contributed by atoms with Crippen LogP contribution in [-0.4, -0.2) is 129 Å². The van der Waals surface area contributed by atoms with Gasteiger partial charge in [0.1, 0.15) is 6.10 Å². The van der Waals surface area contributed by atoms with E-state index in [1.54, 1.807) is 7.11 Å². The topological polar surface area (TPSA) is 93.1 Å². The molecule has 298 valence electrons. The fourth-order valence-corrected chi connectivity index (χ4v) is 15.4. The average Bonchev–Trinajstić information content (AvgIpc) is 3.70. The SMILES string of the molecule is CCO[C@@H](C1C[C@@H](C)[C@H]2C(O1)[C@H](O)[C@@]1(C)C3CC[C@H]4C(C)(C)[C@@H](O[C@H]5CN(CC6CN(CCOC)C6)CCO5)CCC45C[C@@]35CC[C@]21C)C(C)(C)O. The quantitative estimate of drug-likeness (QED) is 0.282. The Morgan fingerprint density at radius 2 is 1.69 bits per heavy atom. The van der Waals surface area contributed by atoms with E-state index in [4.69, 9.17) is 23.7 Å². The molecule has 0 aromatic heterocycles. The number of ether oxygens (including phenoxy) is 5. The number of methoxy groups -OCH3 is 1. The Kier molecular flexibility index (Phi) is 9.90. The number of aliphatic hydroxyl groups is 2. The van der Waals surface area contributed by atoms with Crippen molar-refractivity contribution >= 4 is 0 Å². The van der Waals surface area contributed by atoms with E-state index in [0.29, 0.717) is 41.1 Å². The molecule has 52 heavy (non-hydrogen) atoms.